The molecule has 0 aromatic carbocycles. The van der Waals surface area contributed by atoms with Gasteiger partial charge in [0.05, 0.1) is 19.0 Å². The van der Waals surface area contributed by atoms with E-state index in [0.717, 1.165) is 24.6 Å². The van der Waals surface area contributed by atoms with Crippen LogP contribution >= 0.6 is 11.3 Å². The van der Waals surface area contributed by atoms with E-state index in [-0.39, 0.29) is 5.84 Å². The molecule has 6 heteroatoms. The summed E-state index contributed by atoms with van der Waals surface area (Å²) in [7, 11) is 1.69. The number of nitrogens with two attached hydrogens (primary N) is 1. The van der Waals surface area contributed by atoms with E-state index in [1.807, 2.05) is 5.38 Å². The summed E-state index contributed by atoms with van der Waals surface area (Å²) in [4.78, 5) is 6.44. The number of methoxy groups -OCH3 is 1. The van der Waals surface area contributed by atoms with Crippen molar-refractivity contribution in [3.8, 4) is 0 Å². The third-order valence-electron chi connectivity index (χ3n) is 2.15. The number of aromatic nitrogens is 1. The van der Waals surface area contributed by atoms with Crippen LogP contribution in [0, 0.1) is 5.41 Å². The van der Waals surface area contributed by atoms with Crippen LogP contribution < -0.4 is 5.73 Å². The van der Waals surface area contributed by atoms with Crippen molar-refractivity contribution in [3.05, 3.63) is 16.6 Å². The summed E-state index contributed by atoms with van der Waals surface area (Å²) in [5, 5.41) is 10.3. The summed E-state index contributed by atoms with van der Waals surface area (Å²) in [6.45, 7) is 3.10. The lowest BCUT2D eigenvalue weighted by atomic mass is 10.3. The number of amidine groups is 1. The van der Waals surface area contributed by atoms with Crippen LogP contribution in [0.25, 0.3) is 0 Å². The van der Waals surface area contributed by atoms with E-state index in [0.29, 0.717) is 13.0 Å². The molecule has 0 amide bonds. The van der Waals surface area contributed by atoms with E-state index >= 15 is 0 Å². The van der Waals surface area contributed by atoms with Gasteiger partial charge in [-0.15, -0.1) is 11.3 Å². The average molecular weight is 242 g/mol. The van der Waals surface area contributed by atoms with E-state index in [1.165, 1.54) is 0 Å². The van der Waals surface area contributed by atoms with Gasteiger partial charge in [0.2, 0.25) is 0 Å². The Bertz CT molecular complexity index is 302. The molecule has 1 aromatic heterocycles. The largest absolute Gasteiger partial charge is 0.388 e. The Morgan fingerprint density at radius 3 is 3.00 bits per heavy atom. The molecule has 0 radical (unpaired) electrons. The van der Waals surface area contributed by atoms with Crippen LogP contribution in [0.15, 0.2) is 11.6 Å². The van der Waals surface area contributed by atoms with Crippen molar-refractivity contribution >= 4 is 17.2 Å². The zero-order chi connectivity index (χ0) is 11.8. The highest BCUT2D eigenvalue weighted by Crippen LogP contribution is 2.08. The van der Waals surface area contributed by atoms with Crippen LogP contribution in [0.2, 0.25) is 0 Å². The first-order valence-electron chi connectivity index (χ1n) is 5.15. The maximum absolute atomic E-state index is 7.22. The van der Waals surface area contributed by atoms with E-state index in [9.17, 15) is 0 Å². The summed E-state index contributed by atoms with van der Waals surface area (Å²) in [6.07, 6.45) is 2.40. The molecule has 1 rings (SSSR count). The van der Waals surface area contributed by atoms with Gasteiger partial charge in [0.15, 0.2) is 0 Å². The number of rotatable bonds is 8. The molecule has 5 nitrogen and oxygen atoms in total. The lowest BCUT2D eigenvalue weighted by Gasteiger charge is -2.20. The second kappa shape index (κ2) is 7.32. The zero-order valence-corrected chi connectivity index (χ0v) is 10.3. The van der Waals surface area contributed by atoms with Gasteiger partial charge in [0.1, 0.15) is 5.01 Å². The van der Waals surface area contributed by atoms with Gasteiger partial charge in [-0.3, -0.25) is 10.3 Å². The van der Waals surface area contributed by atoms with Gasteiger partial charge < -0.3 is 10.5 Å². The van der Waals surface area contributed by atoms with Crippen LogP contribution in [-0.2, 0) is 11.3 Å². The number of ether oxygens (including phenoxy) is 1. The smallest absolute Gasteiger partial charge is 0.107 e. The lowest BCUT2D eigenvalue weighted by Crippen LogP contribution is -2.30. The highest BCUT2D eigenvalue weighted by atomic mass is 32.1. The van der Waals surface area contributed by atoms with Crippen LogP contribution in [0.4, 0.5) is 0 Å². The summed E-state index contributed by atoms with van der Waals surface area (Å²) in [5.41, 5.74) is 5.36. The summed E-state index contributed by atoms with van der Waals surface area (Å²) >= 11 is 1.64. The van der Waals surface area contributed by atoms with Gasteiger partial charge in [-0.05, 0) is 0 Å². The number of hydrogen-bond acceptors (Lipinski definition) is 5. The van der Waals surface area contributed by atoms with E-state index in [2.05, 4.69) is 9.88 Å². The maximum Gasteiger partial charge on any atom is 0.107 e. The molecule has 1 aromatic rings. The minimum atomic E-state index is 0.224. The average Bonchev–Trinajstić information content (AvgIpc) is 2.74. The Morgan fingerprint density at radius 1 is 1.62 bits per heavy atom. The molecule has 0 aliphatic carbocycles. The Labute approximate surface area is 99.7 Å². The molecular formula is C10H18N4OS. The van der Waals surface area contributed by atoms with Crippen LogP contribution in [0.1, 0.15) is 11.4 Å². The first-order valence-corrected chi connectivity index (χ1v) is 6.03. The number of hydrogen-bond donors (Lipinski definition) is 2. The molecule has 90 valence electrons. The van der Waals surface area contributed by atoms with Crippen molar-refractivity contribution in [1.29, 1.82) is 5.41 Å². The number of thiazole rings is 1. The summed E-state index contributed by atoms with van der Waals surface area (Å²) in [6, 6.07) is 0. The fourth-order valence-electron chi connectivity index (χ4n) is 1.29. The van der Waals surface area contributed by atoms with E-state index < -0.39 is 0 Å². The van der Waals surface area contributed by atoms with Gasteiger partial charge in [0, 0.05) is 38.2 Å². The Morgan fingerprint density at radius 2 is 2.44 bits per heavy atom. The van der Waals surface area contributed by atoms with Crippen molar-refractivity contribution < 1.29 is 4.74 Å². The molecule has 0 saturated carbocycles. The molecule has 0 fully saturated rings. The molecule has 0 bridgehead atoms. The summed E-state index contributed by atoms with van der Waals surface area (Å²) < 4.78 is 5.05. The molecule has 0 atom stereocenters. The minimum Gasteiger partial charge on any atom is -0.388 e. The molecule has 1 heterocycles. The molecule has 0 aliphatic rings. The Hall–Kier alpha value is -0.980. The zero-order valence-electron chi connectivity index (χ0n) is 9.48. The Balaban J connectivity index is 2.39. The highest BCUT2D eigenvalue weighted by Gasteiger charge is 2.07. The van der Waals surface area contributed by atoms with E-state index in [1.54, 1.807) is 24.6 Å². The fourth-order valence-corrected chi connectivity index (χ4v) is 1.95. The number of nitrogens with zero attached hydrogens (tertiary/aromatic N) is 2. The van der Waals surface area contributed by atoms with Gasteiger partial charge in [0.25, 0.3) is 0 Å². The monoisotopic (exact) mass is 242 g/mol. The van der Waals surface area contributed by atoms with Gasteiger partial charge in [-0.2, -0.15) is 0 Å². The van der Waals surface area contributed by atoms with Gasteiger partial charge in [-0.25, -0.2) is 4.98 Å². The van der Waals surface area contributed by atoms with E-state index in [4.69, 9.17) is 15.9 Å². The highest BCUT2D eigenvalue weighted by molar-refractivity contribution is 7.09. The topological polar surface area (TPSA) is 75.2 Å². The quantitative estimate of drug-likeness (QED) is 0.525. The molecule has 16 heavy (non-hydrogen) atoms. The van der Waals surface area contributed by atoms with Crippen molar-refractivity contribution in [2.24, 2.45) is 5.73 Å². The van der Waals surface area contributed by atoms with Gasteiger partial charge in [-0.1, -0.05) is 0 Å². The Kier molecular flexibility index (Phi) is 5.99. The first kappa shape index (κ1) is 13.1. The molecular weight excluding hydrogens is 224 g/mol. The lowest BCUT2D eigenvalue weighted by molar-refractivity contribution is 0.145. The van der Waals surface area contributed by atoms with Gasteiger partial charge >= 0.3 is 0 Å². The summed E-state index contributed by atoms with van der Waals surface area (Å²) in [5.74, 6) is 0.224. The van der Waals surface area contributed by atoms with Crippen molar-refractivity contribution in [3.63, 3.8) is 0 Å². The fraction of sp³-hybridized carbons (Fsp3) is 0.600. The first-order chi connectivity index (χ1) is 7.72. The molecule has 0 saturated heterocycles. The minimum absolute atomic E-state index is 0.224. The standard InChI is InChI=1S/C10H18N4OS/c1-15-6-5-14(4-2-9(11)12)8-10-13-3-7-16-10/h3,7H,2,4-6,8H2,1H3,(H3,11,12). The van der Waals surface area contributed by atoms with Crippen LogP contribution in [-0.4, -0.2) is 42.5 Å². The van der Waals surface area contributed by atoms with Crippen molar-refractivity contribution in [2.75, 3.05) is 26.8 Å². The van der Waals surface area contributed by atoms with Crippen molar-refractivity contribution in [1.82, 2.24) is 9.88 Å². The normalized spacial score (nSPS) is 10.9. The SMILES string of the molecule is COCCN(CCC(=N)N)Cc1nccs1. The number of nitrogens with one attached hydrogen (secondary N) is 1. The van der Waals surface area contributed by atoms with Crippen LogP contribution in [0.5, 0.6) is 0 Å². The van der Waals surface area contributed by atoms with Crippen LogP contribution in [0.3, 0.4) is 0 Å². The molecule has 3 N–H and O–H groups in total. The molecule has 0 unspecified atom stereocenters. The third kappa shape index (κ3) is 5.20. The molecule has 0 aliphatic heterocycles. The predicted molar refractivity (Wildman–Crippen MR) is 65.8 cm³/mol. The molecule has 0 spiro atoms. The predicted octanol–water partition coefficient (Wildman–Crippen LogP) is 0.918. The maximum atomic E-state index is 7.22. The second-order valence-electron chi connectivity index (χ2n) is 3.47. The second-order valence-corrected chi connectivity index (χ2v) is 4.45. The third-order valence-corrected chi connectivity index (χ3v) is 2.92. The van der Waals surface area contributed by atoms with Crippen molar-refractivity contribution in [2.45, 2.75) is 13.0 Å².